The normalized spacial score (nSPS) is 13.3. The average molecular weight is 328 g/mol. The topological polar surface area (TPSA) is 76.7 Å². The Labute approximate surface area is 139 Å². The summed E-state index contributed by atoms with van der Waals surface area (Å²) in [5.74, 6) is 0.589. The van der Waals surface area contributed by atoms with Crippen molar-refractivity contribution in [1.29, 1.82) is 0 Å². The lowest BCUT2D eigenvalue weighted by Crippen LogP contribution is -2.22. The molecular weight excluding hydrogens is 307 g/mol. The minimum atomic E-state index is -1.13. The van der Waals surface area contributed by atoms with Crippen LogP contribution in [-0.4, -0.2) is 14.5 Å². The molecule has 0 fully saturated rings. The molecule has 5 nitrogen and oxygen atoms in total. The fourth-order valence-electron chi connectivity index (χ4n) is 2.69. The number of H-pyrrole nitrogens is 1. The molecule has 3 aromatic rings. The Morgan fingerprint density at radius 2 is 2.04 bits per heavy atom. The number of nitrogen functional groups attached to an aromatic ring is 1. The molecule has 1 atom stereocenters. The van der Waals surface area contributed by atoms with Crippen LogP contribution in [0.25, 0.3) is 11.0 Å². The third-order valence-corrected chi connectivity index (χ3v) is 4.00. The molecular formula is C18H21FN4O. The van der Waals surface area contributed by atoms with Gasteiger partial charge in [0.2, 0.25) is 0 Å². The summed E-state index contributed by atoms with van der Waals surface area (Å²) in [7, 11) is 0. The highest BCUT2D eigenvalue weighted by molar-refractivity contribution is 5.79. The van der Waals surface area contributed by atoms with Crippen molar-refractivity contribution >= 4 is 16.7 Å². The molecule has 1 aromatic carbocycles. The number of aromatic nitrogens is 3. The van der Waals surface area contributed by atoms with Crippen molar-refractivity contribution in [3.8, 4) is 0 Å². The standard InChI is InChI=1S/C18H21FN4O/c1-18(2,3)16(19)11-6-4-8-13-15(11)22-14(21-13)10-23-9-5-7-12(20)17(23)24/h4-9,16H,10,20H2,1-3H3,(H,21,22). The summed E-state index contributed by atoms with van der Waals surface area (Å²) >= 11 is 0. The molecule has 0 bridgehead atoms. The smallest absolute Gasteiger partial charge is 0.274 e. The van der Waals surface area contributed by atoms with E-state index in [0.29, 0.717) is 16.9 Å². The van der Waals surface area contributed by atoms with Crippen molar-refractivity contribution in [3.05, 3.63) is 58.3 Å². The van der Waals surface area contributed by atoms with Gasteiger partial charge in [0.25, 0.3) is 5.56 Å². The van der Waals surface area contributed by atoms with Gasteiger partial charge < -0.3 is 15.3 Å². The van der Waals surface area contributed by atoms with Crippen molar-refractivity contribution in [2.45, 2.75) is 33.5 Å². The number of nitrogens with zero attached hydrogens (tertiary/aromatic N) is 2. The van der Waals surface area contributed by atoms with E-state index in [4.69, 9.17) is 5.73 Å². The molecule has 0 aliphatic rings. The average Bonchev–Trinajstić information content (AvgIpc) is 2.92. The SMILES string of the molecule is CC(C)(C)C(F)c1cccc2[nH]c(Cn3cccc(N)c3=O)nc12. The number of fused-ring (bicyclic) bond motifs is 1. The van der Waals surface area contributed by atoms with Gasteiger partial charge in [0.1, 0.15) is 12.0 Å². The lowest BCUT2D eigenvalue weighted by molar-refractivity contribution is 0.166. The van der Waals surface area contributed by atoms with Crippen molar-refractivity contribution < 1.29 is 4.39 Å². The quantitative estimate of drug-likeness (QED) is 0.773. The fourth-order valence-corrected chi connectivity index (χ4v) is 2.69. The summed E-state index contributed by atoms with van der Waals surface area (Å²) in [6.45, 7) is 5.83. The maximum atomic E-state index is 14.8. The molecule has 0 spiro atoms. The van der Waals surface area contributed by atoms with E-state index in [0.717, 1.165) is 5.52 Å². The lowest BCUT2D eigenvalue weighted by Gasteiger charge is -2.24. The number of hydrogen-bond donors (Lipinski definition) is 2. The number of hydrogen-bond acceptors (Lipinski definition) is 3. The Bertz CT molecular complexity index is 936. The molecule has 0 saturated heterocycles. The summed E-state index contributed by atoms with van der Waals surface area (Å²) < 4.78 is 16.3. The molecule has 24 heavy (non-hydrogen) atoms. The number of pyridine rings is 1. The fraction of sp³-hybridized carbons (Fsp3) is 0.333. The number of halogens is 1. The van der Waals surface area contributed by atoms with Crippen molar-refractivity contribution in [2.24, 2.45) is 5.41 Å². The van der Waals surface area contributed by atoms with Crippen LogP contribution in [0.3, 0.4) is 0 Å². The maximum Gasteiger partial charge on any atom is 0.274 e. The number of nitrogens with one attached hydrogen (secondary N) is 1. The second kappa shape index (κ2) is 5.78. The van der Waals surface area contributed by atoms with Crippen LogP contribution < -0.4 is 11.3 Å². The van der Waals surface area contributed by atoms with Crippen LogP contribution in [-0.2, 0) is 6.54 Å². The van der Waals surface area contributed by atoms with Crippen molar-refractivity contribution in [1.82, 2.24) is 14.5 Å². The zero-order valence-electron chi connectivity index (χ0n) is 14.0. The second-order valence-corrected chi connectivity index (χ2v) is 7.05. The minimum absolute atomic E-state index is 0.186. The lowest BCUT2D eigenvalue weighted by atomic mass is 9.85. The highest BCUT2D eigenvalue weighted by Gasteiger charge is 2.28. The zero-order chi connectivity index (χ0) is 17.5. The van der Waals surface area contributed by atoms with E-state index in [1.807, 2.05) is 32.9 Å². The first-order chi connectivity index (χ1) is 11.3. The van der Waals surface area contributed by atoms with E-state index in [-0.39, 0.29) is 17.8 Å². The summed E-state index contributed by atoms with van der Waals surface area (Å²) in [6.07, 6.45) is 0.521. The maximum absolute atomic E-state index is 14.8. The van der Waals surface area contributed by atoms with Crippen LogP contribution in [0.4, 0.5) is 10.1 Å². The molecule has 3 N–H and O–H groups in total. The van der Waals surface area contributed by atoms with Gasteiger partial charge in [-0.15, -0.1) is 0 Å². The Kier molecular flexibility index (Phi) is 3.91. The molecule has 0 amide bonds. The van der Waals surface area contributed by atoms with Crippen molar-refractivity contribution in [2.75, 3.05) is 5.73 Å². The van der Waals surface area contributed by atoms with Gasteiger partial charge in [-0.3, -0.25) is 4.79 Å². The van der Waals surface area contributed by atoms with Gasteiger partial charge in [-0.2, -0.15) is 0 Å². The Morgan fingerprint density at radius 1 is 1.29 bits per heavy atom. The molecule has 126 valence electrons. The molecule has 0 aliphatic carbocycles. The monoisotopic (exact) mass is 328 g/mol. The highest BCUT2D eigenvalue weighted by atomic mass is 19.1. The third-order valence-electron chi connectivity index (χ3n) is 4.00. The van der Waals surface area contributed by atoms with Gasteiger partial charge in [-0.25, -0.2) is 9.37 Å². The van der Waals surface area contributed by atoms with Gasteiger partial charge in [-0.05, 0) is 23.6 Å². The zero-order valence-corrected chi connectivity index (χ0v) is 14.0. The van der Waals surface area contributed by atoms with E-state index in [9.17, 15) is 9.18 Å². The summed E-state index contributed by atoms with van der Waals surface area (Å²) in [4.78, 5) is 19.7. The van der Waals surface area contributed by atoms with Gasteiger partial charge in [0, 0.05) is 11.8 Å². The molecule has 6 heteroatoms. The Morgan fingerprint density at radius 3 is 2.75 bits per heavy atom. The van der Waals surface area contributed by atoms with Gasteiger partial charge >= 0.3 is 0 Å². The van der Waals surface area contributed by atoms with Crippen LogP contribution in [0.2, 0.25) is 0 Å². The van der Waals surface area contributed by atoms with Crippen LogP contribution in [0.5, 0.6) is 0 Å². The minimum Gasteiger partial charge on any atom is -0.394 e. The van der Waals surface area contributed by atoms with Crippen LogP contribution in [0.1, 0.15) is 38.3 Å². The van der Waals surface area contributed by atoms with E-state index < -0.39 is 11.6 Å². The molecule has 0 aliphatic heterocycles. The molecule has 1 unspecified atom stereocenters. The first-order valence-electron chi connectivity index (χ1n) is 7.84. The van der Waals surface area contributed by atoms with Gasteiger partial charge in [0.05, 0.1) is 23.3 Å². The molecule has 3 rings (SSSR count). The van der Waals surface area contributed by atoms with Crippen LogP contribution in [0, 0.1) is 5.41 Å². The van der Waals surface area contributed by atoms with Crippen LogP contribution >= 0.6 is 0 Å². The Balaban J connectivity index is 2.03. The number of para-hydroxylation sites is 1. The summed E-state index contributed by atoms with van der Waals surface area (Å²) in [6, 6.07) is 8.70. The number of rotatable bonds is 3. The predicted molar refractivity (Wildman–Crippen MR) is 93.6 cm³/mol. The van der Waals surface area contributed by atoms with Crippen LogP contribution in [0.15, 0.2) is 41.3 Å². The molecule has 0 radical (unpaired) electrons. The molecule has 2 heterocycles. The molecule has 2 aromatic heterocycles. The van der Waals surface area contributed by atoms with Gasteiger partial charge in [-0.1, -0.05) is 32.9 Å². The van der Waals surface area contributed by atoms with Crippen molar-refractivity contribution in [3.63, 3.8) is 0 Å². The highest BCUT2D eigenvalue weighted by Crippen LogP contribution is 2.38. The number of benzene rings is 1. The van der Waals surface area contributed by atoms with E-state index in [1.54, 1.807) is 24.4 Å². The van der Waals surface area contributed by atoms with E-state index >= 15 is 0 Å². The predicted octanol–water partition coefficient (Wildman–Crippen LogP) is 3.41. The number of anilines is 1. The molecule has 0 saturated carbocycles. The van der Waals surface area contributed by atoms with E-state index in [2.05, 4.69) is 9.97 Å². The largest absolute Gasteiger partial charge is 0.394 e. The summed E-state index contributed by atoms with van der Waals surface area (Å²) in [5.41, 5.74) is 6.97. The number of alkyl halides is 1. The van der Waals surface area contributed by atoms with E-state index in [1.165, 1.54) is 4.57 Å². The van der Waals surface area contributed by atoms with Gasteiger partial charge in [0.15, 0.2) is 0 Å². The number of imidazole rings is 1. The summed E-state index contributed by atoms with van der Waals surface area (Å²) in [5, 5.41) is 0. The number of nitrogens with two attached hydrogens (primary N) is 1. The third kappa shape index (κ3) is 2.91. The second-order valence-electron chi connectivity index (χ2n) is 7.05. The first-order valence-corrected chi connectivity index (χ1v) is 7.84. The first kappa shape index (κ1) is 16.2. The Hall–Kier alpha value is -2.63. The number of aromatic amines is 1.